The van der Waals surface area contributed by atoms with Crippen LogP contribution in [0.5, 0.6) is 0 Å². The van der Waals surface area contributed by atoms with E-state index in [9.17, 15) is 8.42 Å². The number of sulfonamides is 1. The standard InChI is InChI=1S/C11H8Br3NO3S2/c12-6-3-8(13)11(9(14)4-6)15-20(17,18)10-2-1-7(5-16)19-10/h1-4,15-16H,5H2. The Morgan fingerprint density at radius 3 is 2.25 bits per heavy atom. The average Bonchev–Trinajstić information content (AvgIpc) is 2.83. The SMILES string of the molecule is O=S(=O)(Nc1c(Br)cc(Br)cc1Br)c1ccc(CO)s1. The molecule has 0 aliphatic heterocycles. The van der Waals surface area contributed by atoms with Gasteiger partial charge in [0, 0.05) is 18.3 Å². The van der Waals surface area contributed by atoms with E-state index in [4.69, 9.17) is 5.11 Å². The molecular formula is C11H8Br3NO3S2. The molecule has 0 aliphatic carbocycles. The number of hydrogen-bond acceptors (Lipinski definition) is 4. The first kappa shape index (κ1) is 16.4. The van der Waals surface area contributed by atoms with Crippen molar-refractivity contribution in [2.45, 2.75) is 10.8 Å². The van der Waals surface area contributed by atoms with E-state index < -0.39 is 10.0 Å². The van der Waals surface area contributed by atoms with Crippen LogP contribution in [0.3, 0.4) is 0 Å². The summed E-state index contributed by atoms with van der Waals surface area (Å²) in [5.41, 5.74) is 0.423. The number of halogens is 3. The van der Waals surface area contributed by atoms with Gasteiger partial charge in [0.2, 0.25) is 0 Å². The summed E-state index contributed by atoms with van der Waals surface area (Å²) in [5, 5.41) is 9.00. The number of rotatable bonds is 4. The Bertz CT molecular complexity index is 720. The van der Waals surface area contributed by atoms with Gasteiger partial charge in [-0.1, -0.05) is 15.9 Å². The fourth-order valence-corrected chi connectivity index (χ4v) is 6.45. The summed E-state index contributed by atoms with van der Waals surface area (Å²) in [7, 11) is -3.68. The summed E-state index contributed by atoms with van der Waals surface area (Å²) in [6.07, 6.45) is 0. The molecule has 0 radical (unpaired) electrons. The number of aliphatic hydroxyl groups excluding tert-OH is 1. The zero-order valence-corrected chi connectivity index (χ0v) is 16.1. The van der Waals surface area contributed by atoms with E-state index in [1.54, 1.807) is 18.2 Å². The van der Waals surface area contributed by atoms with Gasteiger partial charge >= 0.3 is 0 Å². The molecule has 108 valence electrons. The number of benzene rings is 1. The van der Waals surface area contributed by atoms with E-state index >= 15 is 0 Å². The van der Waals surface area contributed by atoms with E-state index in [2.05, 4.69) is 52.5 Å². The van der Waals surface area contributed by atoms with E-state index in [0.717, 1.165) is 15.8 Å². The molecule has 0 bridgehead atoms. The van der Waals surface area contributed by atoms with Gasteiger partial charge in [0.1, 0.15) is 4.21 Å². The second-order valence-electron chi connectivity index (χ2n) is 3.73. The Balaban J connectivity index is 2.38. The Hall–Kier alpha value is 0.0700. The molecule has 0 amide bonds. The van der Waals surface area contributed by atoms with Crippen LogP contribution in [0.4, 0.5) is 5.69 Å². The van der Waals surface area contributed by atoms with Crippen molar-refractivity contribution < 1.29 is 13.5 Å². The van der Waals surface area contributed by atoms with E-state index in [1.807, 2.05) is 0 Å². The minimum atomic E-state index is -3.68. The maximum Gasteiger partial charge on any atom is 0.271 e. The first-order valence-corrected chi connectivity index (χ1v) is 9.88. The van der Waals surface area contributed by atoms with Gasteiger partial charge in [-0.3, -0.25) is 4.72 Å². The molecular weight excluding hydrogens is 498 g/mol. The predicted molar refractivity (Wildman–Crippen MR) is 90.6 cm³/mol. The monoisotopic (exact) mass is 503 g/mol. The number of thiophene rings is 1. The fraction of sp³-hybridized carbons (Fsp3) is 0.0909. The third kappa shape index (κ3) is 3.63. The van der Waals surface area contributed by atoms with Crippen LogP contribution in [0.25, 0.3) is 0 Å². The lowest BCUT2D eigenvalue weighted by molar-refractivity contribution is 0.285. The molecule has 2 rings (SSSR count). The normalized spacial score (nSPS) is 11.6. The van der Waals surface area contributed by atoms with E-state index in [1.165, 1.54) is 6.07 Å². The van der Waals surface area contributed by atoms with Crippen LogP contribution in [0.15, 0.2) is 41.9 Å². The van der Waals surface area contributed by atoms with E-state index in [-0.39, 0.29) is 10.8 Å². The molecule has 2 N–H and O–H groups in total. The van der Waals surface area contributed by atoms with Crippen molar-refractivity contribution in [2.75, 3.05) is 4.72 Å². The molecule has 1 aromatic heterocycles. The molecule has 0 atom stereocenters. The number of anilines is 1. The maximum absolute atomic E-state index is 12.3. The highest BCUT2D eigenvalue weighted by Crippen LogP contribution is 2.36. The van der Waals surface area contributed by atoms with Gasteiger partial charge in [0.05, 0.1) is 12.3 Å². The van der Waals surface area contributed by atoms with Crippen LogP contribution in [-0.2, 0) is 16.6 Å². The Kier molecular flexibility index (Phi) is 5.30. The second kappa shape index (κ2) is 6.45. The van der Waals surface area contributed by atoms with Crippen molar-refractivity contribution in [2.24, 2.45) is 0 Å². The van der Waals surface area contributed by atoms with Gasteiger partial charge in [0.15, 0.2) is 0 Å². The molecule has 0 fully saturated rings. The first-order chi connectivity index (χ1) is 9.33. The number of hydrogen-bond donors (Lipinski definition) is 2. The van der Waals surface area contributed by atoms with Crippen LogP contribution in [-0.4, -0.2) is 13.5 Å². The molecule has 1 heterocycles. The van der Waals surface area contributed by atoms with Gasteiger partial charge in [-0.25, -0.2) is 8.42 Å². The van der Waals surface area contributed by atoms with E-state index in [0.29, 0.717) is 19.5 Å². The highest BCUT2D eigenvalue weighted by molar-refractivity contribution is 9.11. The molecule has 0 unspecified atom stereocenters. The lowest BCUT2D eigenvalue weighted by Gasteiger charge is -2.11. The van der Waals surface area contributed by atoms with Gasteiger partial charge in [-0.05, 0) is 56.1 Å². The summed E-state index contributed by atoms with van der Waals surface area (Å²) in [6.45, 7) is -0.175. The molecule has 2 aromatic rings. The van der Waals surface area contributed by atoms with Crippen molar-refractivity contribution >= 4 is 74.8 Å². The summed E-state index contributed by atoms with van der Waals surface area (Å²) >= 11 is 11.0. The molecule has 4 nitrogen and oxygen atoms in total. The van der Waals surface area contributed by atoms with Crippen LogP contribution < -0.4 is 4.72 Å². The van der Waals surface area contributed by atoms with Crippen molar-refractivity contribution in [1.82, 2.24) is 0 Å². The summed E-state index contributed by atoms with van der Waals surface area (Å²) in [6, 6.07) is 6.55. The van der Waals surface area contributed by atoms with Gasteiger partial charge in [0.25, 0.3) is 10.0 Å². The summed E-state index contributed by atoms with van der Waals surface area (Å²) in [5.74, 6) is 0. The van der Waals surface area contributed by atoms with Crippen molar-refractivity contribution in [3.05, 3.63) is 42.6 Å². The zero-order valence-electron chi connectivity index (χ0n) is 9.73. The molecule has 0 saturated carbocycles. The van der Waals surface area contributed by atoms with Gasteiger partial charge in [-0.15, -0.1) is 11.3 Å². The molecule has 1 aromatic carbocycles. The van der Waals surface area contributed by atoms with Crippen LogP contribution in [0.2, 0.25) is 0 Å². The lowest BCUT2D eigenvalue weighted by atomic mass is 10.3. The smallest absolute Gasteiger partial charge is 0.271 e. The number of aliphatic hydroxyl groups is 1. The Morgan fingerprint density at radius 1 is 1.15 bits per heavy atom. The largest absolute Gasteiger partial charge is 0.391 e. The summed E-state index contributed by atoms with van der Waals surface area (Å²) in [4.78, 5) is 0.597. The minimum Gasteiger partial charge on any atom is -0.391 e. The quantitative estimate of drug-likeness (QED) is 0.650. The van der Waals surface area contributed by atoms with Crippen molar-refractivity contribution in [3.63, 3.8) is 0 Å². The predicted octanol–water partition coefficient (Wildman–Crippen LogP) is 4.33. The third-order valence-corrected chi connectivity index (χ3v) is 6.92. The second-order valence-corrected chi connectivity index (χ2v) is 9.43. The minimum absolute atomic E-state index is 0.156. The molecule has 9 heteroatoms. The molecule has 0 aliphatic rings. The molecule has 0 spiro atoms. The molecule has 20 heavy (non-hydrogen) atoms. The Morgan fingerprint density at radius 2 is 1.75 bits per heavy atom. The zero-order chi connectivity index (χ0) is 14.9. The maximum atomic E-state index is 12.3. The highest BCUT2D eigenvalue weighted by atomic mass is 79.9. The first-order valence-electron chi connectivity index (χ1n) is 5.20. The topological polar surface area (TPSA) is 66.4 Å². The number of nitrogens with one attached hydrogen (secondary N) is 1. The highest BCUT2D eigenvalue weighted by Gasteiger charge is 2.20. The van der Waals surface area contributed by atoms with Crippen molar-refractivity contribution in [3.8, 4) is 0 Å². The summed E-state index contributed by atoms with van der Waals surface area (Å²) < 4.78 is 29.3. The van der Waals surface area contributed by atoms with Crippen LogP contribution in [0, 0.1) is 0 Å². The van der Waals surface area contributed by atoms with Crippen LogP contribution in [0.1, 0.15) is 4.88 Å². The molecule has 0 saturated heterocycles. The van der Waals surface area contributed by atoms with Gasteiger partial charge < -0.3 is 5.11 Å². The third-order valence-electron chi connectivity index (χ3n) is 2.30. The van der Waals surface area contributed by atoms with Gasteiger partial charge in [-0.2, -0.15) is 0 Å². The fourth-order valence-electron chi connectivity index (χ4n) is 1.41. The van der Waals surface area contributed by atoms with Crippen molar-refractivity contribution in [1.29, 1.82) is 0 Å². The van der Waals surface area contributed by atoms with Crippen LogP contribution >= 0.6 is 59.1 Å². The Labute approximate surface area is 145 Å². The average molecular weight is 506 g/mol. The lowest BCUT2D eigenvalue weighted by Crippen LogP contribution is -2.12.